The summed E-state index contributed by atoms with van der Waals surface area (Å²) in [6, 6.07) is 7.67. The molecule has 0 saturated heterocycles. The second-order valence-electron chi connectivity index (χ2n) is 6.84. The van der Waals surface area contributed by atoms with E-state index in [0.29, 0.717) is 11.6 Å². The Balaban J connectivity index is 1.52. The van der Waals surface area contributed by atoms with Crippen molar-refractivity contribution in [2.24, 2.45) is 0 Å². The van der Waals surface area contributed by atoms with E-state index in [2.05, 4.69) is 20.1 Å². The Morgan fingerprint density at radius 3 is 2.92 bits per heavy atom. The van der Waals surface area contributed by atoms with Crippen LogP contribution < -0.4 is 5.32 Å². The Morgan fingerprint density at radius 2 is 2.12 bits per heavy atom. The van der Waals surface area contributed by atoms with Crippen LogP contribution in [0.2, 0.25) is 0 Å². The number of nitrogens with one attached hydrogen (secondary N) is 1. The molecule has 6 heteroatoms. The molecule has 1 aromatic carbocycles. The van der Waals surface area contributed by atoms with Gasteiger partial charge in [0.15, 0.2) is 5.82 Å². The minimum Gasteiger partial charge on any atom is -0.461 e. The van der Waals surface area contributed by atoms with Crippen molar-refractivity contribution >= 4 is 16.9 Å². The monoisotopic (exact) mass is 338 g/mol. The van der Waals surface area contributed by atoms with Crippen LogP contribution in [0.4, 0.5) is 0 Å². The molecule has 3 aromatic rings. The third kappa shape index (κ3) is 3.04. The molecular formula is C19H22N4O2. The Labute approximate surface area is 146 Å². The number of hydrogen-bond donors (Lipinski definition) is 1. The van der Waals surface area contributed by atoms with Gasteiger partial charge in [0.25, 0.3) is 5.91 Å². The molecule has 2 heterocycles. The molecule has 0 aliphatic heterocycles. The van der Waals surface area contributed by atoms with E-state index in [1.54, 1.807) is 12.4 Å². The fourth-order valence-electron chi connectivity index (χ4n) is 3.69. The van der Waals surface area contributed by atoms with E-state index in [9.17, 15) is 4.79 Å². The lowest BCUT2D eigenvalue weighted by Gasteiger charge is -2.18. The van der Waals surface area contributed by atoms with Crippen LogP contribution in [0.1, 0.15) is 66.6 Å². The Hall–Kier alpha value is -2.63. The lowest BCUT2D eigenvalue weighted by Crippen LogP contribution is -2.29. The zero-order chi connectivity index (χ0) is 17.4. The second kappa shape index (κ2) is 6.35. The predicted molar refractivity (Wildman–Crippen MR) is 94.4 cm³/mol. The molecule has 130 valence electrons. The van der Waals surface area contributed by atoms with Gasteiger partial charge in [-0.05, 0) is 51.0 Å². The number of carbonyl (C=O) groups excluding carboxylic acids is 1. The number of fused-ring (bicyclic) bond motifs is 1. The zero-order valence-electron chi connectivity index (χ0n) is 14.5. The van der Waals surface area contributed by atoms with Gasteiger partial charge in [0.1, 0.15) is 17.7 Å². The van der Waals surface area contributed by atoms with Crippen molar-refractivity contribution in [1.29, 1.82) is 0 Å². The SMILES string of the molecule is Cc1cc2cc(C(=O)N[C@@H](C)c3nncn3C3CCCC3)ccc2o1. The molecule has 1 aliphatic carbocycles. The summed E-state index contributed by atoms with van der Waals surface area (Å²) in [6.45, 7) is 3.85. The van der Waals surface area contributed by atoms with Gasteiger partial charge in [-0.3, -0.25) is 4.79 Å². The molecule has 6 nitrogen and oxygen atoms in total. The van der Waals surface area contributed by atoms with Gasteiger partial charge in [-0.2, -0.15) is 0 Å². The van der Waals surface area contributed by atoms with Crippen molar-refractivity contribution in [3.8, 4) is 0 Å². The number of hydrogen-bond acceptors (Lipinski definition) is 4. The molecule has 2 aromatic heterocycles. The largest absolute Gasteiger partial charge is 0.461 e. The highest BCUT2D eigenvalue weighted by atomic mass is 16.3. The normalized spacial score (nSPS) is 16.4. The maximum Gasteiger partial charge on any atom is 0.251 e. The Kier molecular flexibility index (Phi) is 4.03. The second-order valence-corrected chi connectivity index (χ2v) is 6.84. The molecule has 1 amide bonds. The fraction of sp³-hybridized carbons (Fsp3) is 0.421. The number of aryl methyl sites for hydroxylation is 1. The number of furan rings is 1. The van der Waals surface area contributed by atoms with Crippen LogP contribution in [-0.2, 0) is 0 Å². The summed E-state index contributed by atoms with van der Waals surface area (Å²) in [5.74, 6) is 1.54. The van der Waals surface area contributed by atoms with Gasteiger partial charge in [0.2, 0.25) is 0 Å². The lowest BCUT2D eigenvalue weighted by atomic mass is 10.1. The van der Waals surface area contributed by atoms with Crippen LogP contribution in [0.25, 0.3) is 11.0 Å². The summed E-state index contributed by atoms with van der Waals surface area (Å²) in [4.78, 5) is 12.6. The van der Waals surface area contributed by atoms with Gasteiger partial charge >= 0.3 is 0 Å². The molecule has 0 bridgehead atoms. The number of aromatic nitrogens is 3. The predicted octanol–water partition coefficient (Wildman–Crippen LogP) is 3.94. The first-order valence-electron chi connectivity index (χ1n) is 8.82. The fourth-order valence-corrected chi connectivity index (χ4v) is 3.69. The van der Waals surface area contributed by atoms with E-state index in [1.165, 1.54) is 12.8 Å². The third-order valence-corrected chi connectivity index (χ3v) is 4.96. The lowest BCUT2D eigenvalue weighted by molar-refractivity contribution is 0.0937. The first-order chi connectivity index (χ1) is 12.1. The van der Waals surface area contributed by atoms with E-state index in [1.807, 2.05) is 32.0 Å². The average Bonchev–Trinajstić information content (AvgIpc) is 3.32. The molecule has 0 spiro atoms. The smallest absolute Gasteiger partial charge is 0.251 e. The molecule has 1 saturated carbocycles. The van der Waals surface area contributed by atoms with Crippen molar-refractivity contribution in [3.63, 3.8) is 0 Å². The highest BCUT2D eigenvalue weighted by molar-refractivity contribution is 5.98. The van der Waals surface area contributed by atoms with Gasteiger partial charge in [0, 0.05) is 17.0 Å². The topological polar surface area (TPSA) is 73.0 Å². The molecular weight excluding hydrogens is 316 g/mol. The summed E-state index contributed by atoms with van der Waals surface area (Å²) in [6.07, 6.45) is 6.58. The van der Waals surface area contributed by atoms with Crippen molar-refractivity contribution < 1.29 is 9.21 Å². The first kappa shape index (κ1) is 15.9. The molecule has 25 heavy (non-hydrogen) atoms. The molecule has 1 aliphatic rings. The molecule has 1 fully saturated rings. The van der Waals surface area contributed by atoms with E-state index < -0.39 is 0 Å². The van der Waals surface area contributed by atoms with E-state index >= 15 is 0 Å². The molecule has 0 unspecified atom stereocenters. The summed E-state index contributed by atoms with van der Waals surface area (Å²) in [5.41, 5.74) is 1.41. The summed E-state index contributed by atoms with van der Waals surface area (Å²) < 4.78 is 7.69. The summed E-state index contributed by atoms with van der Waals surface area (Å²) >= 11 is 0. The van der Waals surface area contributed by atoms with Gasteiger partial charge in [-0.15, -0.1) is 10.2 Å². The van der Waals surface area contributed by atoms with E-state index in [0.717, 1.165) is 35.4 Å². The maximum absolute atomic E-state index is 12.6. The molecule has 1 atom stereocenters. The van der Waals surface area contributed by atoms with E-state index in [4.69, 9.17) is 4.42 Å². The average molecular weight is 338 g/mol. The van der Waals surface area contributed by atoms with Crippen molar-refractivity contribution in [1.82, 2.24) is 20.1 Å². The highest BCUT2D eigenvalue weighted by Crippen LogP contribution is 2.31. The van der Waals surface area contributed by atoms with Crippen LogP contribution in [0.5, 0.6) is 0 Å². The number of carbonyl (C=O) groups is 1. The van der Waals surface area contributed by atoms with Crippen LogP contribution in [0.3, 0.4) is 0 Å². The highest BCUT2D eigenvalue weighted by Gasteiger charge is 2.23. The van der Waals surface area contributed by atoms with Crippen molar-refractivity contribution in [2.75, 3.05) is 0 Å². The zero-order valence-corrected chi connectivity index (χ0v) is 14.5. The first-order valence-corrected chi connectivity index (χ1v) is 8.82. The van der Waals surface area contributed by atoms with Gasteiger partial charge in [-0.1, -0.05) is 12.8 Å². The van der Waals surface area contributed by atoms with Crippen molar-refractivity contribution in [3.05, 3.63) is 47.7 Å². The number of benzene rings is 1. The van der Waals surface area contributed by atoms with Gasteiger partial charge in [0.05, 0.1) is 6.04 Å². The minimum atomic E-state index is -0.197. The number of amides is 1. The molecule has 1 N–H and O–H groups in total. The Morgan fingerprint density at radius 1 is 1.32 bits per heavy atom. The van der Waals surface area contributed by atoms with Crippen LogP contribution in [-0.4, -0.2) is 20.7 Å². The third-order valence-electron chi connectivity index (χ3n) is 4.96. The van der Waals surface area contributed by atoms with Crippen LogP contribution >= 0.6 is 0 Å². The van der Waals surface area contributed by atoms with Gasteiger partial charge < -0.3 is 14.3 Å². The number of nitrogens with zero attached hydrogens (tertiary/aromatic N) is 3. The molecule has 0 radical (unpaired) electrons. The van der Waals surface area contributed by atoms with Crippen LogP contribution in [0.15, 0.2) is 35.0 Å². The Bertz CT molecular complexity index is 905. The van der Waals surface area contributed by atoms with E-state index in [-0.39, 0.29) is 11.9 Å². The standard InChI is InChI=1S/C19H22N4O2/c1-12-9-15-10-14(7-8-17(15)25-12)19(24)21-13(2)18-22-20-11-23(18)16-5-3-4-6-16/h7-11,13,16H,3-6H2,1-2H3,(H,21,24)/t13-/m0/s1. The summed E-state index contributed by atoms with van der Waals surface area (Å²) in [7, 11) is 0. The van der Waals surface area contributed by atoms with Crippen LogP contribution in [0, 0.1) is 6.92 Å². The van der Waals surface area contributed by atoms with Gasteiger partial charge in [-0.25, -0.2) is 0 Å². The quantitative estimate of drug-likeness (QED) is 0.782. The minimum absolute atomic E-state index is 0.116. The molecule has 4 rings (SSSR count). The summed E-state index contributed by atoms with van der Waals surface area (Å²) in [5, 5.41) is 12.3. The van der Waals surface area contributed by atoms with Crippen molar-refractivity contribution in [2.45, 2.75) is 51.6 Å². The number of rotatable bonds is 4. The maximum atomic E-state index is 12.6.